The zero-order valence-corrected chi connectivity index (χ0v) is 9.77. The second-order valence-electron chi connectivity index (χ2n) is 3.72. The highest BCUT2D eigenvalue weighted by molar-refractivity contribution is 5.45. The van der Waals surface area contributed by atoms with E-state index in [1.54, 1.807) is 10.9 Å². The van der Waals surface area contributed by atoms with Crippen LogP contribution in [0.1, 0.15) is 5.69 Å². The topological polar surface area (TPSA) is 78.0 Å². The van der Waals surface area contributed by atoms with Crippen molar-refractivity contribution in [3.63, 3.8) is 0 Å². The molecule has 2 aromatic rings. The highest BCUT2D eigenvalue weighted by atomic mass is 16.3. The second-order valence-corrected chi connectivity index (χ2v) is 3.72. The van der Waals surface area contributed by atoms with Crippen molar-refractivity contribution >= 4 is 5.69 Å². The van der Waals surface area contributed by atoms with Crippen LogP contribution in [0, 0.1) is 11.3 Å². The Morgan fingerprint density at radius 1 is 1.33 bits per heavy atom. The first-order valence-corrected chi connectivity index (χ1v) is 5.54. The van der Waals surface area contributed by atoms with Gasteiger partial charge in [-0.15, -0.1) is 5.10 Å². The summed E-state index contributed by atoms with van der Waals surface area (Å²) >= 11 is 0. The Labute approximate surface area is 105 Å². The minimum Gasteiger partial charge on any atom is -0.395 e. The summed E-state index contributed by atoms with van der Waals surface area (Å²) < 4.78 is 1.57. The monoisotopic (exact) mass is 243 g/mol. The van der Waals surface area contributed by atoms with Crippen molar-refractivity contribution in [3.05, 3.63) is 42.2 Å². The third-order valence-electron chi connectivity index (χ3n) is 2.46. The molecular formula is C12H13N5O. The van der Waals surface area contributed by atoms with Gasteiger partial charge in [0.1, 0.15) is 12.7 Å². The molecule has 0 aliphatic heterocycles. The molecule has 6 heteroatoms. The van der Waals surface area contributed by atoms with Crippen LogP contribution in [-0.4, -0.2) is 33.3 Å². The van der Waals surface area contributed by atoms with Gasteiger partial charge in [-0.2, -0.15) is 5.26 Å². The van der Waals surface area contributed by atoms with Gasteiger partial charge in [0.2, 0.25) is 0 Å². The van der Waals surface area contributed by atoms with Crippen LogP contribution in [0.5, 0.6) is 0 Å². The summed E-state index contributed by atoms with van der Waals surface area (Å²) in [5.41, 5.74) is 1.27. The summed E-state index contributed by atoms with van der Waals surface area (Å²) in [6.45, 7) is 0.986. The maximum absolute atomic E-state index is 9.09. The minimum absolute atomic E-state index is 0.0503. The van der Waals surface area contributed by atoms with Gasteiger partial charge in [0, 0.05) is 12.2 Å². The summed E-state index contributed by atoms with van der Waals surface area (Å²) in [6, 6.07) is 11.6. The van der Waals surface area contributed by atoms with Crippen molar-refractivity contribution < 1.29 is 5.11 Å². The molecule has 1 N–H and O–H groups in total. The van der Waals surface area contributed by atoms with Crippen LogP contribution in [0.2, 0.25) is 0 Å². The molecule has 92 valence electrons. The molecule has 1 aromatic heterocycles. The Morgan fingerprint density at radius 3 is 2.72 bits per heavy atom. The first-order valence-electron chi connectivity index (χ1n) is 5.54. The van der Waals surface area contributed by atoms with Crippen molar-refractivity contribution in [3.8, 4) is 6.07 Å². The summed E-state index contributed by atoms with van der Waals surface area (Å²) in [6.07, 6.45) is 1.58. The van der Waals surface area contributed by atoms with Crippen LogP contribution >= 0.6 is 0 Å². The number of nitrogens with zero attached hydrogens (tertiary/aromatic N) is 5. The number of aliphatic hydroxyl groups excluding tert-OH is 1. The number of nitriles is 1. The van der Waals surface area contributed by atoms with Crippen LogP contribution in [0.25, 0.3) is 0 Å². The van der Waals surface area contributed by atoms with Crippen molar-refractivity contribution in [2.24, 2.45) is 0 Å². The average Bonchev–Trinajstić information content (AvgIpc) is 2.87. The molecule has 0 unspecified atom stereocenters. The standard InChI is InChI=1S/C12H13N5O/c13-8-11-9-17(15-14-11)10-16(6-7-18)12-4-2-1-3-5-12/h1-5,9,18H,6-7,10H2. The number of hydrogen-bond acceptors (Lipinski definition) is 5. The third-order valence-corrected chi connectivity index (χ3v) is 2.46. The molecular weight excluding hydrogens is 230 g/mol. The van der Waals surface area contributed by atoms with Crippen molar-refractivity contribution in [1.29, 1.82) is 5.26 Å². The second kappa shape index (κ2) is 5.80. The molecule has 0 saturated heterocycles. The summed E-state index contributed by atoms with van der Waals surface area (Å²) in [5, 5.41) is 25.3. The summed E-state index contributed by atoms with van der Waals surface area (Å²) in [5.74, 6) is 0. The van der Waals surface area contributed by atoms with E-state index in [1.807, 2.05) is 41.3 Å². The lowest BCUT2D eigenvalue weighted by Crippen LogP contribution is -2.29. The van der Waals surface area contributed by atoms with E-state index in [-0.39, 0.29) is 12.3 Å². The van der Waals surface area contributed by atoms with Crippen LogP contribution in [0.3, 0.4) is 0 Å². The molecule has 0 aliphatic rings. The maximum atomic E-state index is 9.09. The lowest BCUT2D eigenvalue weighted by Gasteiger charge is -2.23. The van der Waals surface area contributed by atoms with E-state index in [0.29, 0.717) is 13.2 Å². The highest BCUT2D eigenvalue weighted by Gasteiger charge is 2.07. The van der Waals surface area contributed by atoms with Crippen molar-refractivity contribution in [2.45, 2.75) is 6.67 Å². The van der Waals surface area contributed by atoms with Gasteiger partial charge in [-0.05, 0) is 12.1 Å². The normalized spacial score (nSPS) is 10.0. The van der Waals surface area contributed by atoms with Gasteiger partial charge in [-0.3, -0.25) is 0 Å². The Bertz CT molecular complexity index is 531. The fraction of sp³-hybridized carbons (Fsp3) is 0.250. The number of benzene rings is 1. The van der Waals surface area contributed by atoms with Crippen LogP contribution in [-0.2, 0) is 6.67 Å². The third kappa shape index (κ3) is 2.84. The molecule has 6 nitrogen and oxygen atoms in total. The summed E-state index contributed by atoms with van der Waals surface area (Å²) in [7, 11) is 0. The quantitative estimate of drug-likeness (QED) is 0.832. The lowest BCUT2D eigenvalue weighted by atomic mass is 10.3. The van der Waals surface area contributed by atoms with Gasteiger partial charge in [0.25, 0.3) is 0 Å². The Morgan fingerprint density at radius 2 is 2.11 bits per heavy atom. The van der Waals surface area contributed by atoms with Crippen LogP contribution in [0.4, 0.5) is 5.69 Å². The molecule has 0 aliphatic carbocycles. The number of anilines is 1. The van der Waals surface area contributed by atoms with Gasteiger partial charge >= 0.3 is 0 Å². The molecule has 1 aromatic carbocycles. The van der Waals surface area contributed by atoms with Crippen molar-refractivity contribution in [1.82, 2.24) is 15.0 Å². The van der Waals surface area contributed by atoms with Crippen LogP contribution < -0.4 is 4.90 Å². The fourth-order valence-electron chi connectivity index (χ4n) is 1.63. The molecule has 0 bridgehead atoms. The van der Waals surface area contributed by atoms with Gasteiger partial charge < -0.3 is 10.0 Å². The van der Waals surface area contributed by atoms with Crippen LogP contribution in [0.15, 0.2) is 36.5 Å². The number of aromatic nitrogens is 3. The molecule has 0 amide bonds. The van der Waals surface area contributed by atoms with E-state index in [1.165, 1.54) is 0 Å². The maximum Gasteiger partial charge on any atom is 0.182 e. The first-order chi connectivity index (χ1) is 8.83. The van der Waals surface area contributed by atoms with Crippen molar-refractivity contribution in [2.75, 3.05) is 18.1 Å². The first kappa shape index (κ1) is 12.1. The number of rotatable bonds is 5. The minimum atomic E-state index is 0.0503. The van der Waals surface area contributed by atoms with Gasteiger partial charge in [-0.25, -0.2) is 4.68 Å². The smallest absolute Gasteiger partial charge is 0.182 e. The SMILES string of the molecule is N#Cc1cn(CN(CCO)c2ccccc2)nn1. The fourth-order valence-corrected chi connectivity index (χ4v) is 1.63. The number of para-hydroxylation sites is 1. The zero-order valence-electron chi connectivity index (χ0n) is 9.77. The zero-order chi connectivity index (χ0) is 12.8. The number of hydrogen-bond donors (Lipinski definition) is 1. The predicted molar refractivity (Wildman–Crippen MR) is 65.6 cm³/mol. The summed E-state index contributed by atoms with van der Waals surface area (Å²) in [4.78, 5) is 1.95. The predicted octanol–water partition coefficient (Wildman–Crippen LogP) is 0.606. The molecule has 1 heterocycles. The van der Waals surface area contributed by atoms with Gasteiger partial charge in [0.05, 0.1) is 12.8 Å². The number of aliphatic hydroxyl groups is 1. The van der Waals surface area contributed by atoms with E-state index in [4.69, 9.17) is 10.4 Å². The van der Waals surface area contributed by atoms with E-state index in [0.717, 1.165) is 5.69 Å². The average molecular weight is 243 g/mol. The molecule has 0 fully saturated rings. The largest absolute Gasteiger partial charge is 0.395 e. The van der Waals surface area contributed by atoms with Gasteiger partial charge in [0.15, 0.2) is 5.69 Å². The molecule has 0 saturated carbocycles. The highest BCUT2D eigenvalue weighted by Crippen LogP contribution is 2.13. The van der Waals surface area contributed by atoms with Gasteiger partial charge in [-0.1, -0.05) is 23.4 Å². The van der Waals surface area contributed by atoms with E-state index >= 15 is 0 Å². The molecule has 0 atom stereocenters. The Balaban J connectivity index is 2.14. The molecule has 2 rings (SSSR count). The van der Waals surface area contributed by atoms with E-state index in [2.05, 4.69) is 10.3 Å². The Kier molecular flexibility index (Phi) is 3.89. The Hall–Kier alpha value is -2.39. The molecule has 18 heavy (non-hydrogen) atoms. The molecule has 0 radical (unpaired) electrons. The molecule has 0 spiro atoms. The van der Waals surface area contributed by atoms with E-state index < -0.39 is 0 Å². The van der Waals surface area contributed by atoms with E-state index in [9.17, 15) is 0 Å². The lowest BCUT2D eigenvalue weighted by molar-refractivity contribution is 0.297.